The maximum absolute atomic E-state index is 11.9. The van der Waals surface area contributed by atoms with Gasteiger partial charge in [0, 0.05) is 23.4 Å². The molecule has 1 aromatic carbocycles. The molecule has 3 N–H and O–H groups in total. The quantitative estimate of drug-likeness (QED) is 0.887. The summed E-state index contributed by atoms with van der Waals surface area (Å²) >= 11 is 0. The Morgan fingerprint density at radius 1 is 1.43 bits per heavy atom. The van der Waals surface area contributed by atoms with Crippen molar-refractivity contribution in [2.75, 3.05) is 13.7 Å². The lowest BCUT2D eigenvalue weighted by atomic mass is 10.1. The number of aryl methyl sites for hydroxylation is 1. The maximum atomic E-state index is 11.9. The smallest absolute Gasteiger partial charge is 0.224 e. The molecule has 0 aliphatic carbocycles. The Bertz CT molecular complexity index is 648. The predicted octanol–water partition coefficient (Wildman–Crippen LogP) is 2.52. The Labute approximate surface area is 124 Å². The van der Waals surface area contributed by atoms with Crippen LogP contribution in [0.5, 0.6) is 5.75 Å². The molecule has 0 radical (unpaired) electrons. The van der Waals surface area contributed by atoms with Gasteiger partial charge in [-0.05, 0) is 32.0 Å². The number of methoxy groups -OCH3 is 1. The Hall–Kier alpha value is -2.01. The van der Waals surface area contributed by atoms with E-state index in [4.69, 9.17) is 14.9 Å². The molecule has 0 saturated heterocycles. The second-order valence-corrected chi connectivity index (χ2v) is 5.32. The molecule has 0 spiro atoms. The topological polar surface area (TPSA) is 77.5 Å². The number of carbonyl (C=O) groups excluding carboxylic acids is 1. The first kappa shape index (κ1) is 15.4. The lowest BCUT2D eigenvalue weighted by Gasteiger charge is -2.15. The summed E-state index contributed by atoms with van der Waals surface area (Å²) in [5.74, 6) is 1.27. The van der Waals surface area contributed by atoms with Crippen molar-refractivity contribution in [1.82, 2.24) is 5.32 Å². The number of hydrogen-bond donors (Lipinski definition) is 2. The molecule has 2 aromatic rings. The zero-order valence-corrected chi connectivity index (χ0v) is 12.9. The van der Waals surface area contributed by atoms with E-state index >= 15 is 0 Å². The molecule has 1 heterocycles. The van der Waals surface area contributed by atoms with Gasteiger partial charge < -0.3 is 20.2 Å². The van der Waals surface area contributed by atoms with E-state index < -0.39 is 0 Å². The average Bonchev–Trinajstić information content (AvgIpc) is 2.82. The first-order valence-corrected chi connectivity index (χ1v) is 7.05. The summed E-state index contributed by atoms with van der Waals surface area (Å²) in [6.07, 6.45) is 0. The zero-order valence-electron chi connectivity index (χ0n) is 12.9. The van der Waals surface area contributed by atoms with E-state index in [0.29, 0.717) is 6.54 Å². The van der Waals surface area contributed by atoms with Crippen LogP contribution in [0.15, 0.2) is 22.6 Å². The van der Waals surface area contributed by atoms with Gasteiger partial charge in [0.15, 0.2) is 0 Å². The van der Waals surface area contributed by atoms with Crippen molar-refractivity contribution in [3.8, 4) is 5.75 Å². The van der Waals surface area contributed by atoms with Crippen LogP contribution >= 0.6 is 0 Å². The van der Waals surface area contributed by atoms with Crippen LogP contribution in [-0.4, -0.2) is 19.6 Å². The average molecular weight is 290 g/mol. The molecule has 2 unspecified atom stereocenters. The summed E-state index contributed by atoms with van der Waals surface area (Å²) in [4.78, 5) is 11.9. The van der Waals surface area contributed by atoms with Crippen LogP contribution < -0.4 is 15.8 Å². The van der Waals surface area contributed by atoms with Crippen LogP contribution in [0.2, 0.25) is 0 Å². The van der Waals surface area contributed by atoms with E-state index in [9.17, 15) is 4.79 Å². The predicted molar refractivity (Wildman–Crippen MR) is 82.3 cm³/mol. The molecule has 2 atom stereocenters. The molecule has 5 heteroatoms. The van der Waals surface area contributed by atoms with Gasteiger partial charge in [-0.2, -0.15) is 0 Å². The van der Waals surface area contributed by atoms with Gasteiger partial charge in [-0.15, -0.1) is 0 Å². The lowest BCUT2D eigenvalue weighted by Crippen LogP contribution is -2.34. The van der Waals surface area contributed by atoms with Gasteiger partial charge in [-0.1, -0.05) is 6.92 Å². The summed E-state index contributed by atoms with van der Waals surface area (Å²) in [5, 5.41) is 3.93. The van der Waals surface area contributed by atoms with Crippen LogP contribution in [0.25, 0.3) is 11.0 Å². The van der Waals surface area contributed by atoms with Crippen LogP contribution in [-0.2, 0) is 4.79 Å². The number of carbonyl (C=O) groups is 1. The molecule has 0 saturated carbocycles. The summed E-state index contributed by atoms with van der Waals surface area (Å²) in [7, 11) is 1.63. The van der Waals surface area contributed by atoms with E-state index in [-0.39, 0.29) is 17.9 Å². The van der Waals surface area contributed by atoms with E-state index in [1.807, 2.05) is 32.0 Å². The number of fused-ring (bicyclic) bond motifs is 1. The number of nitrogens with two attached hydrogens (primary N) is 1. The van der Waals surface area contributed by atoms with Crippen molar-refractivity contribution in [3.63, 3.8) is 0 Å². The van der Waals surface area contributed by atoms with Crippen LogP contribution in [0, 0.1) is 12.8 Å². The molecule has 0 fully saturated rings. The van der Waals surface area contributed by atoms with E-state index in [1.54, 1.807) is 14.0 Å². The second kappa shape index (κ2) is 6.18. The largest absolute Gasteiger partial charge is 0.497 e. The minimum atomic E-state index is -0.211. The van der Waals surface area contributed by atoms with E-state index in [1.165, 1.54) is 0 Å². The highest BCUT2D eigenvalue weighted by molar-refractivity contribution is 5.84. The Morgan fingerprint density at radius 2 is 2.14 bits per heavy atom. The Kier molecular flexibility index (Phi) is 4.53. The van der Waals surface area contributed by atoms with Gasteiger partial charge in [-0.3, -0.25) is 4.79 Å². The fourth-order valence-corrected chi connectivity index (χ4v) is 2.29. The standard InChI is InChI=1S/C16H22N2O3/c1-9(8-17)16(19)18-11(3)15-10(2)13-7-12(20-4)5-6-14(13)21-15/h5-7,9,11H,8,17H2,1-4H3,(H,18,19). The number of furan rings is 1. The molecule has 0 aliphatic heterocycles. The SMILES string of the molecule is COc1ccc2oc(C(C)NC(=O)C(C)CN)c(C)c2c1. The molecule has 0 bridgehead atoms. The minimum Gasteiger partial charge on any atom is -0.497 e. The van der Waals surface area contributed by atoms with Gasteiger partial charge in [-0.25, -0.2) is 0 Å². The van der Waals surface area contributed by atoms with Crippen molar-refractivity contribution in [1.29, 1.82) is 0 Å². The molecule has 114 valence electrons. The van der Waals surface area contributed by atoms with Crippen LogP contribution in [0.4, 0.5) is 0 Å². The maximum Gasteiger partial charge on any atom is 0.224 e. The zero-order chi connectivity index (χ0) is 15.6. The number of amides is 1. The number of nitrogens with one attached hydrogen (secondary N) is 1. The van der Waals surface area contributed by atoms with Crippen molar-refractivity contribution in [2.45, 2.75) is 26.8 Å². The fourth-order valence-electron chi connectivity index (χ4n) is 2.29. The third-order valence-electron chi connectivity index (χ3n) is 3.73. The van der Waals surface area contributed by atoms with Crippen molar-refractivity contribution in [3.05, 3.63) is 29.5 Å². The lowest BCUT2D eigenvalue weighted by molar-refractivity contribution is -0.124. The molecular weight excluding hydrogens is 268 g/mol. The van der Waals surface area contributed by atoms with Gasteiger partial charge in [0.2, 0.25) is 5.91 Å². The monoisotopic (exact) mass is 290 g/mol. The molecule has 1 amide bonds. The Balaban J connectivity index is 2.29. The summed E-state index contributed by atoms with van der Waals surface area (Å²) in [6.45, 7) is 6.02. The Morgan fingerprint density at radius 3 is 2.76 bits per heavy atom. The molecule has 1 aromatic heterocycles. The number of hydrogen-bond acceptors (Lipinski definition) is 4. The normalized spacial score (nSPS) is 14.0. The molecule has 5 nitrogen and oxygen atoms in total. The molecule has 0 aliphatic rings. The third-order valence-corrected chi connectivity index (χ3v) is 3.73. The van der Waals surface area contributed by atoms with Gasteiger partial charge >= 0.3 is 0 Å². The van der Waals surface area contributed by atoms with Crippen molar-refractivity contribution >= 4 is 16.9 Å². The van der Waals surface area contributed by atoms with Gasteiger partial charge in [0.05, 0.1) is 13.2 Å². The van der Waals surface area contributed by atoms with Crippen LogP contribution in [0.1, 0.15) is 31.2 Å². The van der Waals surface area contributed by atoms with E-state index in [2.05, 4.69) is 5.32 Å². The number of ether oxygens (including phenoxy) is 1. The first-order chi connectivity index (χ1) is 9.97. The number of benzene rings is 1. The first-order valence-electron chi connectivity index (χ1n) is 7.05. The van der Waals surface area contributed by atoms with Gasteiger partial charge in [0.25, 0.3) is 0 Å². The molecule has 2 rings (SSSR count). The van der Waals surface area contributed by atoms with E-state index in [0.717, 1.165) is 28.0 Å². The molecule has 21 heavy (non-hydrogen) atoms. The molecular formula is C16H22N2O3. The van der Waals surface area contributed by atoms with Crippen molar-refractivity contribution < 1.29 is 13.9 Å². The van der Waals surface area contributed by atoms with Crippen molar-refractivity contribution in [2.24, 2.45) is 11.7 Å². The third kappa shape index (κ3) is 3.03. The highest BCUT2D eigenvalue weighted by Crippen LogP contribution is 2.31. The summed E-state index contributed by atoms with van der Waals surface area (Å²) in [6, 6.07) is 5.47. The van der Waals surface area contributed by atoms with Gasteiger partial charge in [0.1, 0.15) is 17.1 Å². The second-order valence-electron chi connectivity index (χ2n) is 5.32. The highest BCUT2D eigenvalue weighted by atomic mass is 16.5. The fraction of sp³-hybridized carbons (Fsp3) is 0.438. The summed E-state index contributed by atoms with van der Waals surface area (Å²) < 4.78 is 11.1. The summed E-state index contributed by atoms with van der Waals surface area (Å²) in [5.41, 5.74) is 7.31. The van der Waals surface area contributed by atoms with Crippen LogP contribution in [0.3, 0.4) is 0 Å². The minimum absolute atomic E-state index is 0.0672. The highest BCUT2D eigenvalue weighted by Gasteiger charge is 2.20. The number of rotatable bonds is 5.